The van der Waals surface area contributed by atoms with Crippen molar-refractivity contribution in [2.45, 2.75) is 13.3 Å². The van der Waals surface area contributed by atoms with Gasteiger partial charge in [-0.05, 0) is 37.3 Å². The predicted molar refractivity (Wildman–Crippen MR) is 103 cm³/mol. The number of hydrazone groups is 1. The van der Waals surface area contributed by atoms with Crippen molar-refractivity contribution in [2.24, 2.45) is 5.10 Å². The molecule has 0 bridgehead atoms. The molecule has 0 radical (unpaired) electrons. The topological polar surface area (TPSA) is 79.8 Å². The van der Waals surface area contributed by atoms with Gasteiger partial charge < -0.3 is 10.1 Å². The number of halogens is 2. The maximum atomic E-state index is 12.1. The van der Waals surface area contributed by atoms with Crippen molar-refractivity contribution in [3.63, 3.8) is 0 Å². The molecule has 2 aromatic rings. The first kappa shape index (κ1) is 19.8. The number of rotatable bonds is 6. The number of amides is 2. The largest absolute Gasteiger partial charge is 0.497 e. The van der Waals surface area contributed by atoms with E-state index in [1.165, 1.54) is 13.2 Å². The molecular formula is C18H17Cl2N3O3. The maximum Gasteiger partial charge on any atom is 0.271 e. The number of hydrogen-bond donors (Lipinski definition) is 2. The van der Waals surface area contributed by atoms with Gasteiger partial charge in [-0.3, -0.25) is 9.59 Å². The number of ether oxygens (including phenoxy) is 1. The minimum atomic E-state index is -0.414. The van der Waals surface area contributed by atoms with Gasteiger partial charge in [0.1, 0.15) is 5.75 Å². The van der Waals surface area contributed by atoms with E-state index >= 15 is 0 Å². The minimum absolute atomic E-state index is 0.0106. The monoisotopic (exact) mass is 393 g/mol. The van der Waals surface area contributed by atoms with E-state index in [-0.39, 0.29) is 12.3 Å². The van der Waals surface area contributed by atoms with Crippen LogP contribution in [0, 0.1) is 0 Å². The number of anilines is 1. The Bertz CT molecular complexity index is 853. The van der Waals surface area contributed by atoms with E-state index < -0.39 is 5.91 Å². The van der Waals surface area contributed by atoms with E-state index in [4.69, 9.17) is 27.9 Å². The van der Waals surface area contributed by atoms with E-state index in [9.17, 15) is 9.59 Å². The second kappa shape index (κ2) is 9.22. The van der Waals surface area contributed by atoms with Gasteiger partial charge in [-0.25, -0.2) is 5.43 Å². The summed E-state index contributed by atoms with van der Waals surface area (Å²) >= 11 is 11.9. The lowest BCUT2D eigenvalue weighted by molar-refractivity contribution is -0.115. The lowest BCUT2D eigenvalue weighted by Crippen LogP contribution is -2.21. The fraction of sp³-hybridized carbons (Fsp3) is 0.167. The third-order valence-electron chi connectivity index (χ3n) is 3.30. The molecule has 6 nitrogen and oxygen atoms in total. The molecule has 0 aromatic heterocycles. The highest BCUT2D eigenvalue weighted by molar-refractivity contribution is 6.34. The van der Waals surface area contributed by atoms with E-state index in [0.717, 1.165) is 0 Å². The van der Waals surface area contributed by atoms with Gasteiger partial charge in [0.25, 0.3) is 5.91 Å². The van der Waals surface area contributed by atoms with Crippen LogP contribution >= 0.6 is 23.2 Å². The SMILES string of the molecule is COc1ccc(Cl)c(NC(=O)C/C(C)=N\NC(=O)c2cccc(Cl)c2)c1. The van der Waals surface area contributed by atoms with Gasteiger partial charge in [0.2, 0.25) is 5.91 Å². The third kappa shape index (κ3) is 5.75. The molecule has 0 aliphatic rings. The Hall–Kier alpha value is -2.57. The van der Waals surface area contributed by atoms with Crippen LogP contribution < -0.4 is 15.5 Å². The Morgan fingerprint density at radius 2 is 1.92 bits per heavy atom. The van der Waals surface area contributed by atoms with Gasteiger partial charge in [0.15, 0.2) is 0 Å². The third-order valence-corrected chi connectivity index (χ3v) is 3.86. The molecule has 0 unspecified atom stereocenters. The molecule has 2 aromatic carbocycles. The van der Waals surface area contributed by atoms with Gasteiger partial charge in [0, 0.05) is 22.4 Å². The quantitative estimate of drug-likeness (QED) is 0.571. The molecule has 136 valence electrons. The van der Waals surface area contributed by atoms with Crippen molar-refractivity contribution < 1.29 is 14.3 Å². The Balaban J connectivity index is 1.94. The summed E-state index contributed by atoms with van der Waals surface area (Å²) in [6.07, 6.45) is -0.0106. The van der Waals surface area contributed by atoms with Gasteiger partial charge in [-0.2, -0.15) is 5.10 Å². The number of benzene rings is 2. The average Bonchev–Trinajstić information content (AvgIpc) is 2.61. The lowest BCUT2D eigenvalue weighted by Gasteiger charge is -2.09. The van der Waals surface area contributed by atoms with Crippen molar-refractivity contribution in [3.05, 3.63) is 58.1 Å². The zero-order chi connectivity index (χ0) is 19.1. The first-order valence-electron chi connectivity index (χ1n) is 7.61. The summed E-state index contributed by atoms with van der Waals surface area (Å²) in [6, 6.07) is 11.4. The lowest BCUT2D eigenvalue weighted by atomic mass is 10.2. The zero-order valence-corrected chi connectivity index (χ0v) is 15.7. The van der Waals surface area contributed by atoms with E-state index in [2.05, 4.69) is 15.8 Å². The van der Waals surface area contributed by atoms with Crippen LogP contribution in [0.3, 0.4) is 0 Å². The maximum absolute atomic E-state index is 12.1. The first-order valence-corrected chi connectivity index (χ1v) is 8.37. The first-order chi connectivity index (χ1) is 12.4. The molecule has 26 heavy (non-hydrogen) atoms. The fourth-order valence-corrected chi connectivity index (χ4v) is 2.39. The van der Waals surface area contributed by atoms with Crippen molar-refractivity contribution in [3.8, 4) is 5.75 Å². The fourth-order valence-electron chi connectivity index (χ4n) is 2.03. The normalized spacial score (nSPS) is 11.0. The van der Waals surface area contributed by atoms with Gasteiger partial charge >= 0.3 is 0 Å². The molecule has 2 rings (SSSR count). The molecule has 0 spiro atoms. The van der Waals surface area contributed by atoms with E-state index in [1.807, 2.05) is 0 Å². The number of hydrogen-bond acceptors (Lipinski definition) is 4. The summed E-state index contributed by atoms with van der Waals surface area (Å²) in [5.74, 6) is -0.162. The molecule has 2 amide bonds. The molecule has 8 heteroatoms. The second-order valence-electron chi connectivity index (χ2n) is 5.37. The Kier molecular flexibility index (Phi) is 7.00. The number of methoxy groups -OCH3 is 1. The number of carbonyl (C=O) groups excluding carboxylic acids is 2. The zero-order valence-electron chi connectivity index (χ0n) is 14.2. The smallest absolute Gasteiger partial charge is 0.271 e. The molecule has 0 aliphatic carbocycles. The van der Waals surface area contributed by atoms with Crippen LogP contribution in [-0.2, 0) is 4.79 Å². The second-order valence-corrected chi connectivity index (χ2v) is 6.21. The van der Waals surface area contributed by atoms with Crippen LogP contribution in [0.1, 0.15) is 23.7 Å². The summed E-state index contributed by atoms with van der Waals surface area (Å²) in [4.78, 5) is 24.1. The van der Waals surface area contributed by atoms with E-state index in [1.54, 1.807) is 43.3 Å². The molecule has 0 aliphatic heterocycles. The van der Waals surface area contributed by atoms with Crippen molar-refractivity contribution in [1.82, 2.24) is 5.43 Å². The van der Waals surface area contributed by atoms with Gasteiger partial charge in [0.05, 0.1) is 24.2 Å². The van der Waals surface area contributed by atoms with Crippen molar-refractivity contribution in [2.75, 3.05) is 12.4 Å². The van der Waals surface area contributed by atoms with Gasteiger partial charge in [-0.1, -0.05) is 29.3 Å². The Morgan fingerprint density at radius 1 is 1.15 bits per heavy atom. The van der Waals surface area contributed by atoms with Crippen molar-refractivity contribution in [1.29, 1.82) is 0 Å². The van der Waals surface area contributed by atoms with Crippen LogP contribution in [-0.4, -0.2) is 24.6 Å². The van der Waals surface area contributed by atoms with Crippen LogP contribution in [0.15, 0.2) is 47.6 Å². The Labute approximate surface area is 161 Å². The molecule has 2 N–H and O–H groups in total. The summed E-state index contributed by atoms with van der Waals surface area (Å²) in [7, 11) is 1.52. The number of carbonyl (C=O) groups is 2. The number of nitrogens with zero attached hydrogens (tertiary/aromatic N) is 1. The molecule has 0 heterocycles. The highest BCUT2D eigenvalue weighted by Gasteiger charge is 2.10. The van der Waals surface area contributed by atoms with Crippen LogP contribution in [0.2, 0.25) is 10.0 Å². The van der Waals surface area contributed by atoms with Gasteiger partial charge in [-0.15, -0.1) is 0 Å². The van der Waals surface area contributed by atoms with Crippen LogP contribution in [0.25, 0.3) is 0 Å². The number of nitrogens with one attached hydrogen (secondary N) is 2. The molecule has 0 fully saturated rings. The molecule has 0 saturated carbocycles. The highest BCUT2D eigenvalue weighted by Crippen LogP contribution is 2.26. The Morgan fingerprint density at radius 3 is 2.62 bits per heavy atom. The van der Waals surface area contributed by atoms with Crippen molar-refractivity contribution >= 4 is 46.4 Å². The molecular weight excluding hydrogens is 377 g/mol. The highest BCUT2D eigenvalue weighted by atomic mass is 35.5. The minimum Gasteiger partial charge on any atom is -0.497 e. The molecule has 0 saturated heterocycles. The summed E-state index contributed by atoms with van der Waals surface area (Å²) in [6.45, 7) is 1.63. The summed E-state index contributed by atoms with van der Waals surface area (Å²) in [5.41, 5.74) is 3.63. The standard InChI is InChI=1S/C18H17Cl2N3O3/c1-11(22-23-18(25)12-4-3-5-13(19)9-12)8-17(24)21-16-10-14(26-2)6-7-15(16)20/h3-7,9-10H,8H2,1-2H3,(H,21,24)(H,23,25)/b22-11-. The van der Waals surface area contributed by atoms with Crippen LogP contribution in [0.5, 0.6) is 5.75 Å². The predicted octanol–water partition coefficient (Wildman–Crippen LogP) is 4.14. The summed E-state index contributed by atoms with van der Waals surface area (Å²) in [5, 5.41) is 7.45. The van der Waals surface area contributed by atoms with E-state index in [0.29, 0.717) is 32.8 Å². The average molecular weight is 394 g/mol. The molecule has 0 atom stereocenters. The van der Waals surface area contributed by atoms with Crippen LogP contribution in [0.4, 0.5) is 5.69 Å². The summed E-state index contributed by atoms with van der Waals surface area (Å²) < 4.78 is 5.10.